The molecule has 3 aromatic rings. The van der Waals surface area contributed by atoms with Crippen LogP contribution in [0.1, 0.15) is 27.9 Å². The van der Waals surface area contributed by atoms with Crippen LogP contribution in [-0.4, -0.2) is 64.3 Å². The minimum absolute atomic E-state index is 0.156. The number of thiazole rings is 1. The first-order chi connectivity index (χ1) is 15.3. The standard InChI is InChI=1S/C24H31N3O4S/c1-15-11-16(2)21-20(12-15)32-24(25-21)27(10-8-9-26(3)4)23(28)17-13-18(29-5)22(31-7)19(14-17)30-6/h11-14H,8-10H2,1-7H3. The number of benzene rings is 2. The first kappa shape index (κ1) is 23.8. The summed E-state index contributed by atoms with van der Waals surface area (Å²) in [6.07, 6.45) is 0.817. The zero-order valence-electron chi connectivity index (χ0n) is 19.8. The van der Waals surface area contributed by atoms with Crippen LogP contribution in [0.15, 0.2) is 24.3 Å². The number of aryl methyl sites for hydroxylation is 2. The Hall–Kier alpha value is -2.84. The summed E-state index contributed by atoms with van der Waals surface area (Å²) < 4.78 is 17.4. The summed E-state index contributed by atoms with van der Waals surface area (Å²) in [5.41, 5.74) is 3.68. The number of methoxy groups -OCH3 is 3. The molecule has 172 valence electrons. The van der Waals surface area contributed by atoms with Gasteiger partial charge in [0.05, 0.1) is 31.5 Å². The summed E-state index contributed by atoms with van der Waals surface area (Å²) in [4.78, 5) is 22.4. The lowest BCUT2D eigenvalue weighted by Gasteiger charge is -2.22. The molecule has 0 radical (unpaired) electrons. The van der Waals surface area contributed by atoms with Gasteiger partial charge in [-0.3, -0.25) is 9.69 Å². The number of nitrogens with zero attached hydrogens (tertiary/aromatic N) is 3. The predicted molar refractivity (Wildman–Crippen MR) is 130 cm³/mol. The van der Waals surface area contributed by atoms with Crippen LogP contribution in [0.3, 0.4) is 0 Å². The zero-order chi connectivity index (χ0) is 23.4. The molecule has 1 aromatic heterocycles. The summed E-state index contributed by atoms with van der Waals surface area (Å²) in [7, 11) is 8.67. The van der Waals surface area contributed by atoms with Crippen molar-refractivity contribution < 1.29 is 19.0 Å². The first-order valence-electron chi connectivity index (χ1n) is 10.4. The van der Waals surface area contributed by atoms with E-state index >= 15 is 0 Å². The minimum Gasteiger partial charge on any atom is -0.493 e. The Morgan fingerprint density at radius 1 is 0.969 bits per heavy atom. The molecular weight excluding hydrogens is 426 g/mol. The lowest BCUT2D eigenvalue weighted by Crippen LogP contribution is -2.33. The molecule has 0 unspecified atom stereocenters. The van der Waals surface area contributed by atoms with Crippen molar-refractivity contribution in [2.24, 2.45) is 0 Å². The molecule has 0 N–H and O–H groups in total. The molecule has 0 aliphatic rings. The molecule has 0 atom stereocenters. The van der Waals surface area contributed by atoms with Crippen LogP contribution in [0.4, 0.5) is 5.13 Å². The molecule has 3 rings (SSSR count). The monoisotopic (exact) mass is 457 g/mol. The van der Waals surface area contributed by atoms with E-state index in [-0.39, 0.29) is 5.91 Å². The lowest BCUT2D eigenvalue weighted by atomic mass is 10.1. The van der Waals surface area contributed by atoms with Crippen molar-refractivity contribution in [3.8, 4) is 17.2 Å². The molecule has 1 heterocycles. The van der Waals surface area contributed by atoms with E-state index in [9.17, 15) is 4.79 Å². The van der Waals surface area contributed by atoms with Gasteiger partial charge in [0.2, 0.25) is 5.75 Å². The predicted octanol–water partition coefficient (Wildman–Crippen LogP) is 4.54. The topological polar surface area (TPSA) is 64.1 Å². The number of amides is 1. The van der Waals surface area contributed by atoms with Gasteiger partial charge in [-0.05, 0) is 70.2 Å². The molecule has 0 spiro atoms. The lowest BCUT2D eigenvalue weighted by molar-refractivity contribution is 0.0985. The third-order valence-corrected chi connectivity index (χ3v) is 6.22. The zero-order valence-corrected chi connectivity index (χ0v) is 20.6. The van der Waals surface area contributed by atoms with E-state index in [1.54, 1.807) is 38.4 Å². The Morgan fingerprint density at radius 3 is 2.19 bits per heavy atom. The van der Waals surface area contributed by atoms with E-state index in [1.165, 1.54) is 16.9 Å². The molecule has 8 heteroatoms. The van der Waals surface area contributed by atoms with E-state index in [0.29, 0.717) is 34.5 Å². The fourth-order valence-electron chi connectivity index (χ4n) is 3.66. The SMILES string of the molecule is COc1cc(C(=O)N(CCCN(C)C)c2nc3c(C)cc(C)cc3s2)cc(OC)c1OC. The Kier molecular flexibility index (Phi) is 7.58. The number of anilines is 1. The number of carbonyl (C=O) groups is 1. The average Bonchev–Trinajstić information content (AvgIpc) is 3.18. The van der Waals surface area contributed by atoms with Gasteiger partial charge in [0.25, 0.3) is 5.91 Å². The maximum Gasteiger partial charge on any atom is 0.260 e. The number of aromatic nitrogens is 1. The fraction of sp³-hybridized carbons (Fsp3) is 0.417. The second-order valence-corrected chi connectivity index (χ2v) is 8.96. The number of hydrogen-bond donors (Lipinski definition) is 0. The van der Waals surface area contributed by atoms with Crippen molar-refractivity contribution in [1.29, 1.82) is 0 Å². The summed E-state index contributed by atoms with van der Waals surface area (Å²) in [5, 5.41) is 0.686. The van der Waals surface area contributed by atoms with Gasteiger partial charge in [-0.25, -0.2) is 4.98 Å². The quantitative estimate of drug-likeness (QED) is 0.470. The van der Waals surface area contributed by atoms with Gasteiger partial charge in [-0.2, -0.15) is 0 Å². The Morgan fingerprint density at radius 2 is 1.62 bits per heavy atom. The highest BCUT2D eigenvalue weighted by Crippen LogP contribution is 2.39. The van der Waals surface area contributed by atoms with E-state index in [2.05, 4.69) is 30.9 Å². The fourth-order valence-corrected chi connectivity index (χ4v) is 4.83. The summed E-state index contributed by atoms with van der Waals surface area (Å²) in [5.74, 6) is 1.19. The molecule has 2 aromatic carbocycles. The molecule has 0 aliphatic carbocycles. The molecule has 0 saturated carbocycles. The maximum atomic E-state index is 13.7. The molecule has 0 saturated heterocycles. The molecule has 32 heavy (non-hydrogen) atoms. The molecule has 0 aliphatic heterocycles. The second-order valence-electron chi connectivity index (χ2n) is 7.95. The maximum absolute atomic E-state index is 13.7. The summed E-state index contributed by atoms with van der Waals surface area (Å²) >= 11 is 1.54. The van der Waals surface area contributed by atoms with Crippen molar-refractivity contribution in [1.82, 2.24) is 9.88 Å². The molecular formula is C24H31N3O4S. The van der Waals surface area contributed by atoms with Gasteiger partial charge in [-0.15, -0.1) is 0 Å². The highest BCUT2D eigenvalue weighted by atomic mass is 32.1. The molecule has 0 bridgehead atoms. The van der Waals surface area contributed by atoms with Crippen molar-refractivity contribution in [2.75, 3.05) is 53.4 Å². The minimum atomic E-state index is -0.156. The molecule has 1 amide bonds. The number of rotatable bonds is 9. The first-order valence-corrected chi connectivity index (χ1v) is 11.2. The number of carbonyl (C=O) groups excluding carboxylic acids is 1. The second kappa shape index (κ2) is 10.2. The smallest absolute Gasteiger partial charge is 0.260 e. The van der Waals surface area contributed by atoms with E-state index in [0.717, 1.165) is 28.7 Å². The van der Waals surface area contributed by atoms with Gasteiger partial charge >= 0.3 is 0 Å². The van der Waals surface area contributed by atoms with E-state index in [4.69, 9.17) is 19.2 Å². The van der Waals surface area contributed by atoms with Crippen LogP contribution < -0.4 is 19.1 Å². The normalized spacial score (nSPS) is 11.1. The summed E-state index contributed by atoms with van der Waals surface area (Å²) in [6, 6.07) is 7.60. The molecule has 7 nitrogen and oxygen atoms in total. The van der Waals surface area contributed by atoms with Gasteiger partial charge < -0.3 is 19.1 Å². The van der Waals surface area contributed by atoms with E-state index < -0.39 is 0 Å². The van der Waals surface area contributed by atoms with Gasteiger partial charge in [0.1, 0.15) is 0 Å². The number of hydrogen-bond acceptors (Lipinski definition) is 7. The third-order valence-electron chi connectivity index (χ3n) is 5.19. The average molecular weight is 458 g/mol. The molecule has 0 fully saturated rings. The number of ether oxygens (including phenoxy) is 3. The van der Waals surface area contributed by atoms with Crippen molar-refractivity contribution in [3.05, 3.63) is 41.0 Å². The van der Waals surface area contributed by atoms with Crippen LogP contribution in [0.5, 0.6) is 17.2 Å². The van der Waals surface area contributed by atoms with Gasteiger partial charge in [0, 0.05) is 12.1 Å². The third kappa shape index (κ3) is 4.97. The van der Waals surface area contributed by atoms with Crippen molar-refractivity contribution in [3.63, 3.8) is 0 Å². The summed E-state index contributed by atoms with van der Waals surface area (Å²) in [6.45, 7) is 5.53. The highest BCUT2D eigenvalue weighted by Gasteiger charge is 2.25. The highest BCUT2D eigenvalue weighted by molar-refractivity contribution is 7.22. The number of fused-ring (bicyclic) bond motifs is 1. The Balaban J connectivity index is 2.06. The van der Waals surface area contributed by atoms with Gasteiger partial charge in [0.15, 0.2) is 16.6 Å². The van der Waals surface area contributed by atoms with Crippen LogP contribution in [0.2, 0.25) is 0 Å². The van der Waals surface area contributed by atoms with Crippen molar-refractivity contribution >= 4 is 32.6 Å². The Bertz CT molecular complexity index is 1090. The largest absolute Gasteiger partial charge is 0.493 e. The van der Waals surface area contributed by atoms with Crippen LogP contribution >= 0.6 is 11.3 Å². The van der Waals surface area contributed by atoms with Crippen LogP contribution in [0, 0.1) is 13.8 Å². The van der Waals surface area contributed by atoms with Crippen molar-refractivity contribution in [2.45, 2.75) is 20.3 Å². The van der Waals surface area contributed by atoms with E-state index in [1.807, 2.05) is 14.1 Å². The van der Waals surface area contributed by atoms with Crippen LogP contribution in [-0.2, 0) is 0 Å². The Labute approximate surface area is 193 Å². The van der Waals surface area contributed by atoms with Crippen LogP contribution in [0.25, 0.3) is 10.2 Å². The van der Waals surface area contributed by atoms with Gasteiger partial charge in [-0.1, -0.05) is 17.4 Å².